The van der Waals surface area contributed by atoms with E-state index in [1.807, 2.05) is 24.3 Å². The Kier molecular flexibility index (Phi) is 4.01. The van der Waals surface area contributed by atoms with Crippen LogP contribution in [-0.4, -0.2) is 21.8 Å². The number of carbonyl (C=O) groups excluding carboxylic acids is 2. The van der Waals surface area contributed by atoms with Crippen molar-refractivity contribution in [1.29, 1.82) is 0 Å². The number of carbonyl (C=O) groups is 2. The lowest BCUT2D eigenvalue weighted by atomic mass is 10.0. The van der Waals surface area contributed by atoms with Crippen molar-refractivity contribution in [2.75, 3.05) is 0 Å². The number of fused-ring (bicyclic) bond motifs is 2. The number of nitrogens with one attached hydrogen (secondary N) is 3. The normalized spacial score (nSPS) is 12.8. The highest BCUT2D eigenvalue weighted by Gasteiger charge is 2.24. The van der Waals surface area contributed by atoms with Gasteiger partial charge in [-0.2, -0.15) is 0 Å². The summed E-state index contributed by atoms with van der Waals surface area (Å²) in [7, 11) is 0. The first-order valence-corrected chi connectivity index (χ1v) is 8.78. The van der Waals surface area contributed by atoms with Crippen molar-refractivity contribution < 1.29 is 9.59 Å². The van der Waals surface area contributed by atoms with Crippen molar-refractivity contribution in [3.63, 3.8) is 0 Å². The molecule has 0 bridgehead atoms. The van der Waals surface area contributed by atoms with Gasteiger partial charge in [-0.1, -0.05) is 18.2 Å². The van der Waals surface area contributed by atoms with Crippen LogP contribution in [-0.2, 0) is 12.8 Å². The van der Waals surface area contributed by atoms with Crippen LogP contribution in [0.5, 0.6) is 0 Å². The fourth-order valence-corrected chi connectivity index (χ4v) is 3.56. The van der Waals surface area contributed by atoms with Crippen LogP contribution >= 0.6 is 15.9 Å². The number of rotatable bonds is 2. The number of benzene rings is 1. The maximum absolute atomic E-state index is 12.8. The molecule has 1 aromatic carbocycles. The fraction of sp³-hybridized carbons (Fsp3) is 0.167. The molecule has 0 saturated carbocycles. The Morgan fingerprint density at radius 2 is 1.92 bits per heavy atom. The molecule has 3 aromatic rings. The van der Waals surface area contributed by atoms with Crippen LogP contribution < -0.4 is 10.9 Å². The van der Waals surface area contributed by atoms with Crippen molar-refractivity contribution in [2.45, 2.75) is 19.3 Å². The van der Waals surface area contributed by atoms with Crippen molar-refractivity contribution in [3.05, 3.63) is 63.5 Å². The Hall–Kier alpha value is -2.67. The Bertz CT molecular complexity index is 996. The third kappa shape index (κ3) is 2.91. The van der Waals surface area contributed by atoms with E-state index in [2.05, 4.69) is 36.7 Å². The van der Waals surface area contributed by atoms with E-state index in [1.165, 1.54) is 0 Å². The summed E-state index contributed by atoms with van der Waals surface area (Å²) in [6, 6.07) is 9.22. The molecule has 0 radical (unpaired) electrons. The summed E-state index contributed by atoms with van der Waals surface area (Å²) in [5.74, 6) is -0.732. The smallest absolute Gasteiger partial charge is 0.286 e. The number of para-hydroxylation sites is 1. The second-order valence-corrected chi connectivity index (χ2v) is 6.84. The van der Waals surface area contributed by atoms with Crippen molar-refractivity contribution >= 4 is 38.6 Å². The Morgan fingerprint density at radius 3 is 2.72 bits per heavy atom. The van der Waals surface area contributed by atoms with Gasteiger partial charge in [0, 0.05) is 21.7 Å². The molecule has 3 N–H and O–H groups in total. The zero-order valence-electron chi connectivity index (χ0n) is 13.2. The summed E-state index contributed by atoms with van der Waals surface area (Å²) in [6.45, 7) is 0. The number of aryl methyl sites for hydroxylation is 1. The van der Waals surface area contributed by atoms with Crippen LogP contribution in [0.15, 0.2) is 41.0 Å². The van der Waals surface area contributed by atoms with E-state index in [4.69, 9.17) is 0 Å². The molecule has 0 unspecified atom stereocenters. The van der Waals surface area contributed by atoms with E-state index < -0.39 is 5.91 Å². The lowest BCUT2D eigenvalue weighted by molar-refractivity contribution is 0.0844. The zero-order chi connectivity index (χ0) is 17.4. The molecule has 0 spiro atoms. The van der Waals surface area contributed by atoms with Crippen molar-refractivity contribution in [3.8, 4) is 0 Å². The van der Waals surface area contributed by atoms with E-state index in [1.54, 1.807) is 12.3 Å². The quantitative estimate of drug-likeness (QED) is 0.580. The number of hydrogen-bond acceptors (Lipinski definition) is 3. The van der Waals surface area contributed by atoms with Gasteiger partial charge in [-0.05, 0) is 52.9 Å². The molecule has 0 aliphatic heterocycles. The molecule has 0 atom stereocenters. The van der Waals surface area contributed by atoms with E-state index in [0.29, 0.717) is 11.3 Å². The van der Waals surface area contributed by atoms with Crippen LogP contribution in [0.2, 0.25) is 0 Å². The number of hydrazine groups is 1. The standard InChI is InChI=1S/C18H15BrN4O2/c19-10-8-15(20-9-10)17(24)22-23-18(25)16-11-4-1-2-6-13(11)21-14-7-3-5-12(14)16/h1-2,4,6,8-9,20H,3,5,7H2,(H,22,24)(H,23,25). The highest BCUT2D eigenvalue weighted by atomic mass is 79.9. The molecule has 25 heavy (non-hydrogen) atoms. The summed E-state index contributed by atoms with van der Waals surface area (Å²) in [5, 5.41) is 0.803. The minimum absolute atomic E-state index is 0.323. The van der Waals surface area contributed by atoms with Gasteiger partial charge < -0.3 is 4.98 Å². The van der Waals surface area contributed by atoms with Crippen LogP contribution in [0.25, 0.3) is 10.9 Å². The van der Waals surface area contributed by atoms with E-state index in [9.17, 15) is 9.59 Å². The number of aromatic amines is 1. The van der Waals surface area contributed by atoms with Gasteiger partial charge in [0.15, 0.2) is 0 Å². The Balaban J connectivity index is 1.63. The molecule has 1 aliphatic rings. The van der Waals surface area contributed by atoms with Gasteiger partial charge in [0.05, 0.1) is 11.1 Å². The van der Waals surface area contributed by atoms with E-state index in [-0.39, 0.29) is 5.91 Å². The summed E-state index contributed by atoms with van der Waals surface area (Å²) >= 11 is 3.27. The first-order chi connectivity index (χ1) is 12.1. The van der Waals surface area contributed by atoms with Gasteiger partial charge >= 0.3 is 0 Å². The molecular formula is C18H15BrN4O2. The Morgan fingerprint density at radius 1 is 1.12 bits per heavy atom. The average Bonchev–Trinajstić information content (AvgIpc) is 3.25. The average molecular weight is 399 g/mol. The Labute approximate surface area is 152 Å². The highest BCUT2D eigenvalue weighted by Crippen LogP contribution is 2.29. The molecule has 4 rings (SSSR count). The number of nitrogens with zero attached hydrogens (tertiary/aromatic N) is 1. The summed E-state index contributed by atoms with van der Waals surface area (Å²) in [5.41, 5.74) is 8.70. The lowest BCUT2D eigenvalue weighted by Gasteiger charge is -2.13. The maximum Gasteiger partial charge on any atom is 0.286 e. The SMILES string of the molecule is O=C(NNC(=O)c1c2c(nc3ccccc13)CCC2)c1cc(Br)c[nH]1. The van der Waals surface area contributed by atoms with Gasteiger partial charge in [-0.15, -0.1) is 0 Å². The molecule has 2 aromatic heterocycles. The van der Waals surface area contributed by atoms with E-state index >= 15 is 0 Å². The van der Waals surface area contributed by atoms with Gasteiger partial charge in [0.2, 0.25) is 0 Å². The van der Waals surface area contributed by atoms with Crippen molar-refractivity contribution in [2.24, 2.45) is 0 Å². The first-order valence-electron chi connectivity index (χ1n) is 7.98. The molecule has 6 nitrogen and oxygen atoms in total. The molecule has 0 fully saturated rings. The molecule has 2 heterocycles. The summed E-state index contributed by atoms with van der Waals surface area (Å²) in [6.07, 6.45) is 4.35. The van der Waals surface area contributed by atoms with Gasteiger partial charge in [0.1, 0.15) is 5.69 Å². The number of amides is 2. The molecule has 2 amide bonds. The second kappa shape index (κ2) is 6.33. The van der Waals surface area contributed by atoms with Crippen LogP contribution in [0, 0.1) is 0 Å². The summed E-state index contributed by atoms with van der Waals surface area (Å²) in [4.78, 5) is 32.4. The third-order valence-electron chi connectivity index (χ3n) is 4.33. The monoisotopic (exact) mass is 398 g/mol. The molecule has 0 saturated heterocycles. The molecule has 126 valence electrons. The minimum atomic E-state index is -0.408. The predicted octanol–water partition coefficient (Wildman–Crippen LogP) is 2.89. The zero-order valence-corrected chi connectivity index (χ0v) is 14.8. The lowest BCUT2D eigenvalue weighted by Crippen LogP contribution is -2.42. The topological polar surface area (TPSA) is 86.9 Å². The number of aromatic nitrogens is 2. The largest absolute Gasteiger partial charge is 0.356 e. The molecule has 1 aliphatic carbocycles. The minimum Gasteiger partial charge on any atom is -0.356 e. The predicted molar refractivity (Wildman–Crippen MR) is 97.2 cm³/mol. The van der Waals surface area contributed by atoms with Crippen LogP contribution in [0.4, 0.5) is 0 Å². The number of pyridine rings is 1. The number of H-pyrrole nitrogens is 1. The second-order valence-electron chi connectivity index (χ2n) is 5.92. The highest BCUT2D eigenvalue weighted by molar-refractivity contribution is 9.10. The third-order valence-corrected chi connectivity index (χ3v) is 4.79. The first kappa shape index (κ1) is 15.8. The molecule has 7 heteroatoms. The number of hydrogen-bond donors (Lipinski definition) is 3. The fourth-order valence-electron chi connectivity index (χ4n) is 3.21. The van der Waals surface area contributed by atoms with Gasteiger partial charge in [0.25, 0.3) is 11.8 Å². The summed E-state index contributed by atoms with van der Waals surface area (Å²) < 4.78 is 0.766. The van der Waals surface area contributed by atoms with Gasteiger partial charge in [-0.3, -0.25) is 25.4 Å². The van der Waals surface area contributed by atoms with Crippen LogP contribution in [0.3, 0.4) is 0 Å². The van der Waals surface area contributed by atoms with E-state index in [0.717, 1.165) is 45.9 Å². The van der Waals surface area contributed by atoms with Crippen molar-refractivity contribution in [1.82, 2.24) is 20.8 Å². The van der Waals surface area contributed by atoms with Crippen LogP contribution in [0.1, 0.15) is 38.5 Å². The number of halogens is 1. The molecular weight excluding hydrogens is 384 g/mol. The van der Waals surface area contributed by atoms with Gasteiger partial charge in [-0.25, -0.2) is 0 Å². The maximum atomic E-state index is 12.8.